The van der Waals surface area contributed by atoms with Gasteiger partial charge in [-0.2, -0.15) is 0 Å². The number of carbonyl (C=O) groups is 1. The Morgan fingerprint density at radius 2 is 2.17 bits per heavy atom. The second kappa shape index (κ2) is 5.50. The Morgan fingerprint density at radius 3 is 2.78 bits per heavy atom. The van der Waals surface area contributed by atoms with E-state index in [0.717, 1.165) is 12.0 Å². The van der Waals surface area contributed by atoms with E-state index >= 15 is 0 Å². The molecule has 1 aliphatic rings. The van der Waals surface area contributed by atoms with Gasteiger partial charge in [-0.15, -0.1) is 0 Å². The zero-order valence-electron chi connectivity index (χ0n) is 10.6. The van der Waals surface area contributed by atoms with Crippen LogP contribution in [-0.4, -0.2) is 35.1 Å². The lowest BCUT2D eigenvalue weighted by molar-refractivity contribution is -0.134. The number of amides is 1. The van der Waals surface area contributed by atoms with Gasteiger partial charge in [0.15, 0.2) is 0 Å². The first-order chi connectivity index (χ1) is 8.65. The summed E-state index contributed by atoms with van der Waals surface area (Å²) in [5.41, 5.74) is 6.83. The zero-order valence-corrected chi connectivity index (χ0v) is 10.6. The number of rotatable bonds is 3. The molecule has 1 saturated heterocycles. The van der Waals surface area contributed by atoms with Gasteiger partial charge in [0.2, 0.25) is 5.91 Å². The molecule has 1 aliphatic heterocycles. The van der Waals surface area contributed by atoms with Crippen LogP contribution in [0.5, 0.6) is 0 Å². The predicted octanol–water partition coefficient (Wildman–Crippen LogP) is 0.916. The highest BCUT2D eigenvalue weighted by molar-refractivity contribution is 5.83. The lowest BCUT2D eigenvalue weighted by Crippen LogP contribution is -2.44. The van der Waals surface area contributed by atoms with Gasteiger partial charge < -0.3 is 15.7 Å². The largest absolute Gasteiger partial charge is 0.394 e. The standard InChI is InChI=1S/C14H20N2O2/c1-10-7-8-16(12(10)9-17)14(18)13(15)11-5-3-2-4-6-11/h2-6,10,12-13,17H,7-9,15H2,1H3/t10?,12?,13-/m0/s1. The van der Waals surface area contributed by atoms with Crippen molar-refractivity contribution in [1.29, 1.82) is 0 Å². The van der Waals surface area contributed by atoms with E-state index in [-0.39, 0.29) is 18.6 Å². The molecule has 0 aliphatic carbocycles. The molecule has 2 rings (SSSR count). The minimum absolute atomic E-state index is 0.00835. The summed E-state index contributed by atoms with van der Waals surface area (Å²) in [7, 11) is 0. The van der Waals surface area contributed by atoms with Gasteiger partial charge >= 0.3 is 0 Å². The third kappa shape index (κ3) is 2.40. The van der Waals surface area contributed by atoms with Crippen LogP contribution in [0.15, 0.2) is 30.3 Å². The van der Waals surface area contributed by atoms with E-state index < -0.39 is 6.04 Å². The molecule has 0 spiro atoms. The lowest BCUT2D eigenvalue weighted by atomic mass is 10.0. The van der Waals surface area contributed by atoms with Crippen LogP contribution < -0.4 is 5.73 Å². The monoisotopic (exact) mass is 248 g/mol. The molecule has 0 aromatic heterocycles. The number of carbonyl (C=O) groups excluding carboxylic acids is 1. The fourth-order valence-corrected chi connectivity index (χ4v) is 2.54. The Balaban J connectivity index is 2.12. The molecule has 4 nitrogen and oxygen atoms in total. The highest BCUT2D eigenvalue weighted by Crippen LogP contribution is 2.26. The molecule has 4 heteroatoms. The second-order valence-electron chi connectivity index (χ2n) is 4.94. The number of nitrogens with two attached hydrogens (primary N) is 1. The molecule has 2 unspecified atom stereocenters. The molecule has 1 aromatic carbocycles. The Labute approximate surface area is 107 Å². The van der Waals surface area contributed by atoms with Gasteiger partial charge in [-0.3, -0.25) is 4.79 Å². The number of nitrogens with zero attached hydrogens (tertiary/aromatic N) is 1. The fourth-order valence-electron chi connectivity index (χ4n) is 2.54. The predicted molar refractivity (Wildman–Crippen MR) is 69.7 cm³/mol. The second-order valence-corrected chi connectivity index (χ2v) is 4.94. The van der Waals surface area contributed by atoms with Crippen LogP contribution in [0.25, 0.3) is 0 Å². The zero-order chi connectivity index (χ0) is 13.1. The maximum atomic E-state index is 12.4. The van der Waals surface area contributed by atoms with E-state index in [1.807, 2.05) is 30.3 Å². The molecule has 0 radical (unpaired) electrons. The molecule has 1 heterocycles. The van der Waals surface area contributed by atoms with E-state index in [4.69, 9.17) is 5.73 Å². The number of benzene rings is 1. The summed E-state index contributed by atoms with van der Waals surface area (Å²) in [4.78, 5) is 14.1. The molecule has 1 fully saturated rings. The van der Waals surface area contributed by atoms with Gasteiger partial charge in [0.25, 0.3) is 0 Å². The van der Waals surface area contributed by atoms with E-state index in [1.165, 1.54) is 0 Å². The molecule has 3 N–H and O–H groups in total. The van der Waals surface area contributed by atoms with Crippen molar-refractivity contribution in [1.82, 2.24) is 4.90 Å². The van der Waals surface area contributed by atoms with Crippen LogP contribution in [-0.2, 0) is 4.79 Å². The Hall–Kier alpha value is -1.39. The minimum Gasteiger partial charge on any atom is -0.394 e. The van der Waals surface area contributed by atoms with Gasteiger partial charge in [-0.1, -0.05) is 37.3 Å². The van der Waals surface area contributed by atoms with E-state index in [9.17, 15) is 9.90 Å². The van der Waals surface area contributed by atoms with Crippen LogP contribution in [0, 0.1) is 5.92 Å². The van der Waals surface area contributed by atoms with Crippen LogP contribution in [0.2, 0.25) is 0 Å². The summed E-state index contributed by atoms with van der Waals surface area (Å²) in [5, 5.41) is 9.37. The SMILES string of the molecule is CC1CCN(C(=O)[C@@H](N)c2ccccc2)C1CO. The van der Waals surface area contributed by atoms with Crippen LogP contribution in [0.3, 0.4) is 0 Å². The van der Waals surface area contributed by atoms with Crippen molar-refractivity contribution >= 4 is 5.91 Å². The summed E-state index contributed by atoms with van der Waals surface area (Å²) >= 11 is 0. The fraction of sp³-hybridized carbons (Fsp3) is 0.500. The Morgan fingerprint density at radius 1 is 1.50 bits per heavy atom. The van der Waals surface area contributed by atoms with Gasteiger partial charge in [0.05, 0.1) is 12.6 Å². The number of aliphatic hydroxyl groups excluding tert-OH is 1. The first-order valence-electron chi connectivity index (χ1n) is 6.37. The molecular weight excluding hydrogens is 228 g/mol. The maximum absolute atomic E-state index is 12.4. The Bertz CT molecular complexity index is 408. The van der Waals surface area contributed by atoms with Crippen LogP contribution in [0.4, 0.5) is 0 Å². The van der Waals surface area contributed by atoms with E-state index in [1.54, 1.807) is 4.90 Å². The molecule has 1 aromatic rings. The third-order valence-electron chi connectivity index (χ3n) is 3.78. The highest BCUT2D eigenvalue weighted by Gasteiger charge is 2.36. The van der Waals surface area contributed by atoms with Crippen molar-refractivity contribution in [3.63, 3.8) is 0 Å². The van der Waals surface area contributed by atoms with Gasteiger partial charge in [0.1, 0.15) is 6.04 Å². The molecule has 1 amide bonds. The lowest BCUT2D eigenvalue weighted by Gasteiger charge is -2.28. The number of hydrogen-bond acceptors (Lipinski definition) is 3. The molecule has 0 saturated carbocycles. The van der Waals surface area contributed by atoms with E-state index in [0.29, 0.717) is 12.5 Å². The van der Waals surface area contributed by atoms with Crippen molar-refractivity contribution in [2.24, 2.45) is 11.7 Å². The van der Waals surface area contributed by atoms with Gasteiger partial charge in [-0.25, -0.2) is 0 Å². The van der Waals surface area contributed by atoms with Crippen LogP contribution in [0.1, 0.15) is 24.9 Å². The van der Waals surface area contributed by atoms with Crippen molar-refractivity contribution in [3.8, 4) is 0 Å². The third-order valence-corrected chi connectivity index (χ3v) is 3.78. The topological polar surface area (TPSA) is 66.6 Å². The van der Waals surface area contributed by atoms with Crippen molar-refractivity contribution < 1.29 is 9.90 Å². The van der Waals surface area contributed by atoms with Crippen LogP contribution >= 0.6 is 0 Å². The van der Waals surface area contributed by atoms with E-state index in [2.05, 4.69) is 6.92 Å². The first kappa shape index (κ1) is 13.1. The highest BCUT2D eigenvalue weighted by atomic mass is 16.3. The smallest absolute Gasteiger partial charge is 0.244 e. The molecule has 18 heavy (non-hydrogen) atoms. The van der Waals surface area contributed by atoms with Crippen molar-refractivity contribution in [3.05, 3.63) is 35.9 Å². The van der Waals surface area contributed by atoms with Gasteiger partial charge in [-0.05, 0) is 17.9 Å². The summed E-state index contributed by atoms with van der Waals surface area (Å²) < 4.78 is 0. The number of aliphatic hydroxyl groups is 1. The molecule has 3 atom stereocenters. The Kier molecular flexibility index (Phi) is 3.99. The maximum Gasteiger partial charge on any atom is 0.244 e. The average molecular weight is 248 g/mol. The molecule has 98 valence electrons. The first-order valence-corrected chi connectivity index (χ1v) is 6.37. The summed E-state index contributed by atoms with van der Waals surface area (Å²) in [6.07, 6.45) is 0.929. The molecular formula is C14H20N2O2. The normalized spacial score (nSPS) is 25.2. The molecule has 0 bridgehead atoms. The summed E-state index contributed by atoms with van der Waals surface area (Å²) in [6, 6.07) is 8.64. The average Bonchev–Trinajstić information content (AvgIpc) is 2.79. The summed E-state index contributed by atoms with van der Waals surface area (Å²) in [6.45, 7) is 2.75. The van der Waals surface area contributed by atoms with Gasteiger partial charge in [0, 0.05) is 6.54 Å². The number of hydrogen-bond donors (Lipinski definition) is 2. The van der Waals surface area contributed by atoms with Crippen molar-refractivity contribution in [2.75, 3.05) is 13.2 Å². The minimum atomic E-state index is -0.634. The quantitative estimate of drug-likeness (QED) is 0.835. The summed E-state index contributed by atoms with van der Waals surface area (Å²) in [5.74, 6) is 0.242. The number of likely N-dealkylation sites (tertiary alicyclic amines) is 1. The van der Waals surface area contributed by atoms with Crippen molar-refractivity contribution in [2.45, 2.75) is 25.4 Å².